The van der Waals surface area contributed by atoms with E-state index in [2.05, 4.69) is 14.9 Å². The molecule has 0 aromatic carbocycles. The summed E-state index contributed by atoms with van der Waals surface area (Å²) >= 11 is 1.35. The maximum absolute atomic E-state index is 12.1. The van der Waals surface area contributed by atoms with E-state index in [9.17, 15) is 9.90 Å². The zero-order valence-corrected chi connectivity index (χ0v) is 14.4. The number of carbonyl (C=O) groups is 1. The molecule has 1 N–H and O–H groups in total. The first kappa shape index (κ1) is 16.1. The summed E-state index contributed by atoms with van der Waals surface area (Å²) in [6.45, 7) is 4.91. The lowest BCUT2D eigenvalue weighted by atomic mass is 9.82. The molecule has 2 aromatic rings. The second-order valence-electron chi connectivity index (χ2n) is 6.03. The van der Waals surface area contributed by atoms with E-state index >= 15 is 0 Å². The van der Waals surface area contributed by atoms with E-state index < -0.39 is 0 Å². The average molecular weight is 335 g/mol. The van der Waals surface area contributed by atoms with Gasteiger partial charge in [-0.05, 0) is 38.2 Å². The van der Waals surface area contributed by atoms with Gasteiger partial charge in [-0.1, -0.05) is 0 Å². The molecular weight excluding hydrogens is 314 g/mol. The average Bonchev–Trinajstić information content (AvgIpc) is 2.83. The van der Waals surface area contributed by atoms with Gasteiger partial charge < -0.3 is 14.7 Å². The monoisotopic (exact) mass is 335 g/mol. The smallest absolute Gasteiger partial charge is 0.348 e. The molecule has 1 aliphatic carbocycles. The molecule has 0 saturated heterocycles. The molecule has 23 heavy (non-hydrogen) atoms. The first-order valence-corrected chi connectivity index (χ1v) is 8.63. The number of ether oxygens (including phenoxy) is 1. The van der Waals surface area contributed by atoms with Crippen molar-refractivity contribution >= 4 is 33.3 Å². The number of anilines is 1. The van der Waals surface area contributed by atoms with Gasteiger partial charge in [0, 0.05) is 13.6 Å². The Morgan fingerprint density at radius 3 is 2.87 bits per heavy atom. The molecular formula is C16H21N3O3S. The fraction of sp³-hybridized carbons (Fsp3) is 0.562. The number of aryl methyl sites for hydroxylation is 1. The number of aliphatic hydroxyl groups excluding tert-OH is 1. The molecule has 6 nitrogen and oxygen atoms in total. The number of nitrogens with zero attached hydrogens (tertiary/aromatic N) is 3. The van der Waals surface area contributed by atoms with Crippen LogP contribution in [0.3, 0.4) is 0 Å². The van der Waals surface area contributed by atoms with Crippen LogP contribution in [0.25, 0.3) is 10.2 Å². The Morgan fingerprint density at radius 1 is 1.48 bits per heavy atom. The number of rotatable bonds is 5. The summed E-state index contributed by atoms with van der Waals surface area (Å²) in [5, 5.41) is 10.4. The molecule has 1 aliphatic rings. The zero-order chi connectivity index (χ0) is 16.6. The van der Waals surface area contributed by atoms with Gasteiger partial charge in [0.15, 0.2) is 0 Å². The lowest BCUT2D eigenvalue weighted by Gasteiger charge is -2.34. The number of fused-ring (bicyclic) bond motifs is 1. The summed E-state index contributed by atoms with van der Waals surface area (Å²) in [4.78, 5) is 24.3. The molecule has 124 valence electrons. The maximum Gasteiger partial charge on any atom is 0.348 e. The summed E-state index contributed by atoms with van der Waals surface area (Å²) in [5.74, 6) is 1.02. The Kier molecular flexibility index (Phi) is 4.50. The van der Waals surface area contributed by atoms with Crippen LogP contribution < -0.4 is 4.90 Å². The van der Waals surface area contributed by atoms with E-state index in [0.717, 1.165) is 41.0 Å². The highest BCUT2D eigenvalue weighted by atomic mass is 32.1. The normalized spacial score (nSPS) is 20.3. The highest BCUT2D eigenvalue weighted by Gasteiger charge is 2.29. The van der Waals surface area contributed by atoms with E-state index in [4.69, 9.17) is 4.74 Å². The largest absolute Gasteiger partial charge is 0.462 e. The molecule has 3 rings (SSSR count). The van der Waals surface area contributed by atoms with Crippen LogP contribution in [-0.4, -0.2) is 47.3 Å². The third-order valence-electron chi connectivity index (χ3n) is 4.27. The van der Waals surface area contributed by atoms with E-state index in [1.807, 2.05) is 14.0 Å². The predicted molar refractivity (Wildman–Crippen MR) is 90.1 cm³/mol. The van der Waals surface area contributed by atoms with E-state index in [0.29, 0.717) is 17.4 Å². The van der Waals surface area contributed by atoms with Crippen LogP contribution in [0, 0.1) is 12.8 Å². The van der Waals surface area contributed by atoms with Crippen molar-refractivity contribution in [2.24, 2.45) is 5.92 Å². The standard InChI is InChI=1S/C16H21N3O3S/c1-4-22-16(21)13-9(2)12-14(17-8-18-15(12)23-13)19(3)7-10-5-11(20)6-10/h8,10-11,20H,4-7H2,1-3H3. The van der Waals surface area contributed by atoms with Crippen LogP contribution in [-0.2, 0) is 4.74 Å². The Labute approximate surface area is 139 Å². The third kappa shape index (κ3) is 3.03. The summed E-state index contributed by atoms with van der Waals surface area (Å²) in [7, 11) is 1.99. The lowest BCUT2D eigenvalue weighted by molar-refractivity contribution is 0.0464. The van der Waals surface area contributed by atoms with Crippen molar-refractivity contribution in [2.75, 3.05) is 25.1 Å². The fourth-order valence-corrected chi connectivity index (χ4v) is 4.09. The van der Waals surface area contributed by atoms with Gasteiger partial charge in [0.1, 0.15) is 21.9 Å². The van der Waals surface area contributed by atoms with Crippen LogP contribution in [0.2, 0.25) is 0 Å². The molecule has 1 fully saturated rings. The zero-order valence-electron chi connectivity index (χ0n) is 13.6. The quantitative estimate of drug-likeness (QED) is 0.846. The molecule has 0 atom stereocenters. The first-order chi connectivity index (χ1) is 11.0. The summed E-state index contributed by atoms with van der Waals surface area (Å²) < 4.78 is 5.12. The van der Waals surface area contributed by atoms with Gasteiger partial charge in [-0.2, -0.15) is 0 Å². The predicted octanol–water partition coefficient (Wildman–Crippen LogP) is 2.38. The third-order valence-corrected chi connectivity index (χ3v) is 5.45. The van der Waals surface area contributed by atoms with Gasteiger partial charge in [-0.3, -0.25) is 0 Å². The van der Waals surface area contributed by atoms with Crippen molar-refractivity contribution in [2.45, 2.75) is 32.8 Å². The van der Waals surface area contributed by atoms with Gasteiger partial charge in [0.25, 0.3) is 0 Å². The minimum Gasteiger partial charge on any atom is -0.462 e. The van der Waals surface area contributed by atoms with Crippen LogP contribution in [0.4, 0.5) is 5.82 Å². The van der Waals surface area contributed by atoms with Crippen LogP contribution >= 0.6 is 11.3 Å². The van der Waals surface area contributed by atoms with Gasteiger partial charge in [-0.15, -0.1) is 11.3 Å². The molecule has 0 amide bonds. The van der Waals surface area contributed by atoms with Crippen molar-refractivity contribution < 1.29 is 14.6 Å². The van der Waals surface area contributed by atoms with Crippen molar-refractivity contribution in [3.63, 3.8) is 0 Å². The van der Waals surface area contributed by atoms with Crippen molar-refractivity contribution in [1.29, 1.82) is 0 Å². The number of thiophene rings is 1. The first-order valence-electron chi connectivity index (χ1n) is 7.81. The number of aromatic nitrogens is 2. The van der Waals surface area contributed by atoms with Gasteiger partial charge in [-0.25, -0.2) is 14.8 Å². The van der Waals surface area contributed by atoms with Gasteiger partial charge >= 0.3 is 5.97 Å². The molecule has 2 aromatic heterocycles. The minimum absolute atomic E-state index is 0.155. The maximum atomic E-state index is 12.1. The second-order valence-corrected chi connectivity index (χ2v) is 7.02. The van der Waals surface area contributed by atoms with E-state index in [1.165, 1.54) is 17.7 Å². The summed E-state index contributed by atoms with van der Waals surface area (Å²) in [5.41, 5.74) is 0.875. The summed E-state index contributed by atoms with van der Waals surface area (Å²) in [6, 6.07) is 0. The highest BCUT2D eigenvalue weighted by molar-refractivity contribution is 7.20. The van der Waals surface area contributed by atoms with Crippen LogP contribution in [0.5, 0.6) is 0 Å². The van der Waals surface area contributed by atoms with Crippen molar-refractivity contribution in [1.82, 2.24) is 9.97 Å². The van der Waals surface area contributed by atoms with Gasteiger partial charge in [0.05, 0.1) is 18.1 Å². The summed E-state index contributed by atoms with van der Waals surface area (Å²) in [6.07, 6.45) is 3.07. The van der Waals surface area contributed by atoms with E-state index in [1.54, 1.807) is 6.92 Å². The molecule has 0 radical (unpaired) electrons. The van der Waals surface area contributed by atoms with Crippen molar-refractivity contribution in [3.05, 3.63) is 16.8 Å². The number of hydrogen-bond acceptors (Lipinski definition) is 7. The SMILES string of the molecule is CCOC(=O)c1sc2ncnc(N(C)CC3CC(O)C3)c2c1C. The second kappa shape index (κ2) is 6.41. The topological polar surface area (TPSA) is 75.5 Å². The Bertz CT molecular complexity index is 725. The lowest BCUT2D eigenvalue weighted by Crippen LogP contribution is -2.37. The van der Waals surface area contributed by atoms with Crippen molar-refractivity contribution in [3.8, 4) is 0 Å². The number of hydrogen-bond donors (Lipinski definition) is 1. The Hall–Kier alpha value is -1.73. The number of carbonyl (C=O) groups excluding carboxylic acids is 1. The van der Waals surface area contributed by atoms with E-state index in [-0.39, 0.29) is 12.1 Å². The molecule has 7 heteroatoms. The molecule has 1 saturated carbocycles. The number of esters is 1. The Morgan fingerprint density at radius 2 is 2.22 bits per heavy atom. The van der Waals surface area contributed by atoms with Crippen LogP contribution in [0.1, 0.15) is 35.0 Å². The molecule has 0 spiro atoms. The minimum atomic E-state index is -0.302. The van der Waals surface area contributed by atoms with Crippen LogP contribution in [0.15, 0.2) is 6.33 Å². The highest BCUT2D eigenvalue weighted by Crippen LogP contribution is 2.36. The molecule has 0 aliphatic heterocycles. The number of aliphatic hydroxyl groups is 1. The Balaban J connectivity index is 1.92. The molecule has 0 bridgehead atoms. The fourth-order valence-electron chi connectivity index (χ4n) is 3.06. The molecule has 2 heterocycles. The van der Waals surface area contributed by atoms with Gasteiger partial charge in [0.2, 0.25) is 0 Å². The molecule has 0 unspecified atom stereocenters.